The summed E-state index contributed by atoms with van der Waals surface area (Å²) < 4.78 is 27.3. The third kappa shape index (κ3) is 4.39. The molecule has 0 fully saturated rings. The van der Waals surface area contributed by atoms with Crippen molar-refractivity contribution < 1.29 is 13.2 Å². The molecule has 0 bridgehead atoms. The normalized spacial score (nSPS) is 12.6. The largest absolute Gasteiger partial charge is 0.349 e. The van der Waals surface area contributed by atoms with Crippen molar-refractivity contribution in [2.45, 2.75) is 24.8 Å². The maximum absolute atomic E-state index is 13.0. The Hall–Kier alpha value is -2.44. The van der Waals surface area contributed by atoms with Crippen LogP contribution in [0.15, 0.2) is 66.1 Å². The van der Waals surface area contributed by atoms with Gasteiger partial charge in [0.05, 0.1) is 4.90 Å². The van der Waals surface area contributed by atoms with E-state index in [1.807, 2.05) is 38.1 Å². The molecule has 1 atom stereocenters. The Morgan fingerprint density at radius 1 is 1.23 bits per heavy atom. The van der Waals surface area contributed by atoms with Gasteiger partial charge in [-0.1, -0.05) is 42.0 Å². The summed E-state index contributed by atoms with van der Waals surface area (Å²) in [6.07, 6.45) is 1.57. The van der Waals surface area contributed by atoms with Crippen molar-refractivity contribution in [3.8, 4) is 0 Å². The van der Waals surface area contributed by atoms with Gasteiger partial charge in [0, 0.05) is 25.2 Å². The Labute approximate surface area is 155 Å². The molecule has 0 saturated carbocycles. The molecular weight excluding hydrogens is 348 g/mol. The quantitative estimate of drug-likeness (QED) is 0.759. The van der Waals surface area contributed by atoms with Gasteiger partial charge in [-0.05, 0) is 37.6 Å². The average molecular weight is 372 g/mol. The van der Waals surface area contributed by atoms with E-state index in [1.54, 1.807) is 25.3 Å². The molecule has 5 nitrogen and oxygen atoms in total. The summed E-state index contributed by atoms with van der Waals surface area (Å²) in [6, 6.07) is 13.5. The van der Waals surface area contributed by atoms with Gasteiger partial charge in [0.25, 0.3) is 5.91 Å². The number of aryl methyl sites for hydroxylation is 1. The van der Waals surface area contributed by atoms with Crippen LogP contribution < -0.4 is 5.32 Å². The van der Waals surface area contributed by atoms with Crippen molar-refractivity contribution in [1.82, 2.24) is 9.62 Å². The Bertz CT molecular complexity index is 890. The average Bonchev–Trinajstić information content (AvgIpc) is 2.65. The Balaban J connectivity index is 2.29. The molecule has 1 amide bonds. The lowest BCUT2D eigenvalue weighted by atomic mass is 10.1. The highest BCUT2D eigenvalue weighted by Gasteiger charge is 2.27. The summed E-state index contributed by atoms with van der Waals surface area (Å²) in [4.78, 5) is 12.2. The number of nitrogens with zero attached hydrogens (tertiary/aromatic N) is 1. The van der Waals surface area contributed by atoms with Gasteiger partial charge in [0.2, 0.25) is 10.0 Å². The number of hydrogen-bond donors (Lipinski definition) is 1. The van der Waals surface area contributed by atoms with Crippen LogP contribution in [0, 0.1) is 6.92 Å². The zero-order valence-electron chi connectivity index (χ0n) is 15.3. The van der Waals surface area contributed by atoms with Crippen molar-refractivity contribution in [2.24, 2.45) is 0 Å². The SMILES string of the molecule is C=CCNC(=O)c1cccc(S(=O)(=O)N(C)C(C)c2ccc(C)cc2)c1. The van der Waals surface area contributed by atoms with Crippen LogP contribution >= 0.6 is 0 Å². The van der Waals surface area contributed by atoms with Crippen LogP contribution in [0.5, 0.6) is 0 Å². The van der Waals surface area contributed by atoms with Crippen LogP contribution in [0.4, 0.5) is 0 Å². The summed E-state index contributed by atoms with van der Waals surface area (Å²) in [5.74, 6) is -0.337. The summed E-state index contributed by atoms with van der Waals surface area (Å²) in [6.45, 7) is 7.68. The van der Waals surface area contributed by atoms with Gasteiger partial charge in [-0.25, -0.2) is 8.42 Å². The molecule has 26 heavy (non-hydrogen) atoms. The number of hydrogen-bond acceptors (Lipinski definition) is 3. The monoisotopic (exact) mass is 372 g/mol. The Kier molecular flexibility index (Phi) is 6.34. The molecule has 2 rings (SSSR count). The third-order valence-corrected chi connectivity index (χ3v) is 6.21. The first kappa shape index (κ1) is 19.9. The highest BCUT2D eigenvalue weighted by Crippen LogP contribution is 2.26. The van der Waals surface area contributed by atoms with E-state index in [0.29, 0.717) is 12.1 Å². The van der Waals surface area contributed by atoms with E-state index in [9.17, 15) is 13.2 Å². The first-order valence-corrected chi connectivity index (χ1v) is 9.75. The number of sulfonamides is 1. The lowest BCUT2D eigenvalue weighted by Gasteiger charge is -2.25. The molecule has 2 aromatic rings. The highest BCUT2D eigenvalue weighted by molar-refractivity contribution is 7.89. The van der Waals surface area contributed by atoms with Crippen LogP contribution in [-0.2, 0) is 10.0 Å². The van der Waals surface area contributed by atoms with Crippen molar-refractivity contribution in [1.29, 1.82) is 0 Å². The molecule has 0 aliphatic carbocycles. The van der Waals surface area contributed by atoms with Crippen LogP contribution in [0.2, 0.25) is 0 Å². The van der Waals surface area contributed by atoms with Crippen LogP contribution in [0.25, 0.3) is 0 Å². The molecule has 138 valence electrons. The molecule has 0 aliphatic rings. The van der Waals surface area contributed by atoms with Crippen LogP contribution in [0.3, 0.4) is 0 Å². The van der Waals surface area contributed by atoms with E-state index in [4.69, 9.17) is 0 Å². The second-order valence-corrected chi connectivity index (χ2v) is 8.13. The van der Waals surface area contributed by atoms with Crippen LogP contribution in [-0.4, -0.2) is 32.2 Å². The fraction of sp³-hybridized carbons (Fsp3) is 0.250. The summed E-state index contributed by atoms with van der Waals surface area (Å²) in [7, 11) is -2.19. The van der Waals surface area contributed by atoms with Crippen LogP contribution in [0.1, 0.15) is 34.5 Å². The van der Waals surface area contributed by atoms with E-state index in [-0.39, 0.29) is 16.8 Å². The van der Waals surface area contributed by atoms with Gasteiger partial charge >= 0.3 is 0 Å². The van der Waals surface area contributed by atoms with E-state index in [0.717, 1.165) is 11.1 Å². The fourth-order valence-electron chi connectivity index (χ4n) is 2.49. The number of amides is 1. The molecule has 0 radical (unpaired) electrons. The minimum atomic E-state index is -3.74. The number of benzene rings is 2. The summed E-state index contributed by atoms with van der Waals surface area (Å²) in [5, 5.41) is 2.64. The van der Waals surface area contributed by atoms with E-state index in [1.165, 1.54) is 16.4 Å². The lowest BCUT2D eigenvalue weighted by Crippen LogP contribution is -2.30. The Morgan fingerprint density at radius 2 is 1.88 bits per heavy atom. The minimum absolute atomic E-state index is 0.0882. The van der Waals surface area contributed by atoms with Gasteiger partial charge in [-0.3, -0.25) is 4.79 Å². The van der Waals surface area contributed by atoms with E-state index < -0.39 is 10.0 Å². The molecule has 0 saturated heterocycles. The number of carbonyl (C=O) groups is 1. The molecule has 0 aromatic heterocycles. The second kappa shape index (κ2) is 8.29. The fourth-order valence-corrected chi connectivity index (χ4v) is 3.89. The summed E-state index contributed by atoms with van der Waals surface area (Å²) >= 11 is 0. The molecular formula is C20H24N2O3S. The highest BCUT2D eigenvalue weighted by atomic mass is 32.2. The van der Waals surface area contributed by atoms with Crippen molar-refractivity contribution in [2.75, 3.05) is 13.6 Å². The second-order valence-electron chi connectivity index (χ2n) is 6.13. The smallest absolute Gasteiger partial charge is 0.251 e. The van der Waals surface area contributed by atoms with Gasteiger partial charge < -0.3 is 5.32 Å². The number of carbonyl (C=O) groups excluding carboxylic acids is 1. The van der Waals surface area contributed by atoms with Gasteiger partial charge in [-0.15, -0.1) is 6.58 Å². The first-order chi connectivity index (χ1) is 12.3. The lowest BCUT2D eigenvalue weighted by molar-refractivity contribution is 0.0958. The van der Waals surface area contributed by atoms with Gasteiger partial charge in [0.15, 0.2) is 0 Å². The molecule has 6 heteroatoms. The number of nitrogens with one attached hydrogen (secondary N) is 1. The van der Waals surface area contributed by atoms with Crippen molar-refractivity contribution >= 4 is 15.9 Å². The first-order valence-electron chi connectivity index (χ1n) is 8.31. The number of rotatable bonds is 7. The molecule has 0 spiro atoms. The maximum Gasteiger partial charge on any atom is 0.251 e. The minimum Gasteiger partial charge on any atom is -0.349 e. The third-order valence-electron chi connectivity index (χ3n) is 4.29. The standard InChI is InChI=1S/C20H24N2O3S/c1-5-13-21-20(23)18-7-6-8-19(14-18)26(24,25)22(4)16(3)17-11-9-15(2)10-12-17/h5-12,14,16H,1,13H2,2-4H3,(H,21,23). The van der Waals surface area contributed by atoms with E-state index >= 15 is 0 Å². The zero-order valence-corrected chi connectivity index (χ0v) is 16.1. The molecule has 1 unspecified atom stereocenters. The molecule has 0 heterocycles. The predicted octanol–water partition coefficient (Wildman–Crippen LogP) is 3.29. The van der Waals surface area contributed by atoms with Gasteiger partial charge in [-0.2, -0.15) is 4.31 Å². The van der Waals surface area contributed by atoms with Crippen molar-refractivity contribution in [3.63, 3.8) is 0 Å². The molecule has 1 N–H and O–H groups in total. The molecule has 2 aromatic carbocycles. The topological polar surface area (TPSA) is 66.5 Å². The van der Waals surface area contributed by atoms with Crippen molar-refractivity contribution in [3.05, 3.63) is 77.9 Å². The zero-order chi connectivity index (χ0) is 19.3. The van der Waals surface area contributed by atoms with Gasteiger partial charge in [0.1, 0.15) is 0 Å². The maximum atomic E-state index is 13.0. The predicted molar refractivity (Wildman–Crippen MR) is 104 cm³/mol. The summed E-state index contributed by atoms with van der Waals surface area (Å²) in [5.41, 5.74) is 2.32. The molecule has 0 aliphatic heterocycles. The Morgan fingerprint density at radius 3 is 2.50 bits per heavy atom. The van der Waals surface area contributed by atoms with E-state index in [2.05, 4.69) is 11.9 Å².